The van der Waals surface area contributed by atoms with Gasteiger partial charge in [0.25, 0.3) is 0 Å². The molecule has 1 heterocycles. The van der Waals surface area contributed by atoms with Crippen molar-refractivity contribution in [2.45, 2.75) is 18.9 Å². The van der Waals surface area contributed by atoms with E-state index in [1.54, 1.807) is 13.0 Å². The molecule has 0 amide bonds. The molecule has 12 heavy (non-hydrogen) atoms. The summed E-state index contributed by atoms with van der Waals surface area (Å²) >= 11 is 7.25. The Balaban J connectivity index is 2.87. The van der Waals surface area contributed by atoms with Gasteiger partial charge >= 0.3 is 0 Å². The molecule has 1 aromatic rings. The molecular weight excluding hydrogens is 192 g/mol. The van der Waals surface area contributed by atoms with E-state index in [0.29, 0.717) is 0 Å². The van der Waals surface area contributed by atoms with Crippen LogP contribution in [0.2, 0.25) is 4.34 Å². The minimum atomic E-state index is -0.405. The van der Waals surface area contributed by atoms with Gasteiger partial charge < -0.3 is 5.11 Å². The van der Waals surface area contributed by atoms with Crippen molar-refractivity contribution in [3.05, 3.63) is 34.0 Å². The maximum absolute atomic E-state index is 9.37. The Bertz CT molecular complexity index is 267. The number of aliphatic hydroxyl groups is 1. The molecule has 0 fully saturated rings. The molecule has 1 rings (SSSR count). The van der Waals surface area contributed by atoms with E-state index < -0.39 is 6.10 Å². The van der Waals surface area contributed by atoms with E-state index in [1.165, 1.54) is 11.3 Å². The SMILES string of the molecule is C=C[C@H](c1ccc(Cl)s1)[C@@H](C)O. The third kappa shape index (κ3) is 2.09. The molecule has 3 heteroatoms. The maximum Gasteiger partial charge on any atom is 0.0931 e. The fourth-order valence-corrected chi connectivity index (χ4v) is 2.32. The summed E-state index contributed by atoms with van der Waals surface area (Å²) in [6.45, 7) is 5.42. The van der Waals surface area contributed by atoms with E-state index in [2.05, 4.69) is 6.58 Å². The summed E-state index contributed by atoms with van der Waals surface area (Å²) in [5.74, 6) is 0.00231. The fraction of sp³-hybridized carbons (Fsp3) is 0.333. The van der Waals surface area contributed by atoms with Gasteiger partial charge in [-0.15, -0.1) is 17.9 Å². The summed E-state index contributed by atoms with van der Waals surface area (Å²) in [5, 5.41) is 9.37. The molecule has 1 nitrogen and oxygen atoms in total. The number of thiophene rings is 1. The first-order valence-electron chi connectivity index (χ1n) is 3.71. The molecule has 0 aliphatic rings. The van der Waals surface area contributed by atoms with Crippen LogP contribution < -0.4 is 0 Å². The second kappa shape index (κ2) is 4.08. The van der Waals surface area contributed by atoms with E-state index in [9.17, 15) is 5.11 Å². The van der Waals surface area contributed by atoms with Gasteiger partial charge in [0.1, 0.15) is 0 Å². The summed E-state index contributed by atoms with van der Waals surface area (Å²) in [6, 6.07) is 3.76. The van der Waals surface area contributed by atoms with Gasteiger partial charge in [0, 0.05) is 10.8 Å². The lowest BCUT2D eigenvalue weighted by molar-refractivity contribution is 0.180. The summed E-state index contributed by atoms with van der Waals surface area (Å²) in [4.78, 5) is 1.06. The Labute approximate surface area is 81.3 Å². The zero-order chi connectivity index (χ0) is 9.14. The third-order valence-corrected chi connectivity index (χ3v) is 3.03. The standard InChI is InChI=1S/C9H11ClOS/c1-3-7(6(2)11)8-4-5-9(10)12-8/h3-7,11H,1H2,2H3/t6-,7+/m1/s1. The number of hydrogen-bond acceptors (Lipinski definition) is 2. The Kier molecular flexibility index (Phi) is 3.32. The number of hydrogen-bond donors (Lipinski definition) is 1. The molecule has 0 unspecified atom stereocenters. The Morgan fingerprint density at radius 3 is 2.67 bits per heavy atom. The highest BCUT2D eigenvalue weighted by molar-refractivity contribution is 7.16. The van der Waals surface area contributed by atoms with Gasteiger partial charge in [-0.25, -0.2) is 0 Å². The fourth-order valence-electron chi connectivity index (χ4n) is 1.06. The van der Waals surface area contributed by atoms with E-state index in [4.69, 9.17) is 11.6 Å². The topological polar surface area (TPSA) is 20.2 Å². The van der Waals surface area contributed by atoms with Crippen LogP contribution in [0.1, 0.15) is 17.7 Å². The van der Waals surface area contributed by atoms with Gasteiger partial charge in [0.05, 0.1) is 10.4 Å². The lowest BCUT2D eigenvalue weighted by atomic mass is 10.0. The van der Waals surface area contributed by atoms with Crippen LogP contribution in [0.15, 0.2) is 24.8 Å². The summed E-state index contributed by atoms with van der Waals surface area (Å²) in [6.07, 6.45) is 1.34. The average Bonchev–Trinajstić information content (AvgIpc) is 2.37. The summed E-state index contributed by atoms with van der Waals surface area (Å²) < 4.78 is 0.748. The lowest BCUT2D eigenvalue weighted by Gasteiger charge is -2.12. The van der Waals surface area contributed by atoms with Gasteiger partial charge in [-0.1, -0.05) is 17.7 Å². The zero-order valence-electron chi connectivity index (χ0n) is 6.83. The van der Waals surface area contributed by atoms with Gasteiger partial charge in [-0.05, 0) is 19.1 Å². The van der Waals surface area contributed by atoms with Crippen LogP contribution in [0.5, 0.6) is 0 Å². The largest absolute Gasteiger partial charge is 0.392 e. The molecule has 0 saturated heterocycles. The molecule has 0 bridgehead atoms. The molecule has 2 atom stereocenters. The predicted octanol–water partition coefficient (Wildman–Crippen LogP) is 3.05. The normalized spacial score (nSPS) is 15.6. The van der Waals surface area contributed by atoms with E-state index in [-0.39, 0.29) is 5.92 Å². The van der Waals surface area contributed by atoms with Crippen molar-refractivity contribution in [2.75, 3.05) is 0 Å². The second-order valence-electron chi connectivity index (χ2n) is 2.64. The highest BCUT2D eigenvalue weighted by atomic mass is 35.5. The van der Waals surface area contributed by atoms with Crippen molar-refractivity contribution in [1.29, 1.82) is 0 Å². The van der Waals surface area contributed by atoms with E-state index in [0.717, 1.165) is 9.21 Å². The smallest absolute Gasteiger partial charge is 0.0931 e. The molecular formula is C9H11ClOS. The summed E-state index contributed by atoms with van der Waals surface area (Å²) in [5.41, 5.74) is 0. The van der Waals surface area contributed by atoms with Crippen LogP contribution in [0.25, 0.3) is 0 Å². The monoisotopic (exact) mass is 202 g/mol. The molecule has 0 saturated carbocycles. The van der Waals surface area contributed by atoms with Crippen LogP contribution in [0.3, 0.4) is 0 Å². The second-order valence-corrected chi connectivity index (χ2v) is 4.39. The molecule has 0 spiro atoms. The molecule has 1 aromatic heterocycles. The van der Waals surface area contributed by atoms with Crippen LogP contribution >= 0.6 is 22.9 Å². The quantitative estimate of drug-likeness (QED) is 0.748. The molecule has 0 aliphatic carbocycles. The van der Waals surface area contributed by atoms with Crippen molar-refractivity contribution < 1.29 is 5.11 Å². The van der Waals surface area contributed by atoms with Gasteiger partial charge in [-0.2, -0.15) is 0 Å². The van der Waals surface area contributed by atoms with Crippen LogP contribution in [-0.4, -0.2) is 11.2 Å². The first-order chi connectivity index (χ1) is 5.65. The minimum absolute atomic E-state index is 0.00231. The molecule has 0 aromatic carbocycles. The predicted molar refractivity (Wildman–Crippen MR) is 53.9 cm³/mol. The van der Waals surface area contributed by atoms with Crippen LogP contribution in [0, 0.1) is 0 Å². The van der Waals surface area contributed by atoms with Gasteiger partial charge in [-0.3, -0.25) is 0 Å². The van der Waals surface area contributed by atoms with Gasteiger partial charge in [0.2, 0.25) is 0 Å². The highest BCUT2D eigenvalue weighted by Gasteiger charge is 2.14. The van der Waals surface area contributed by atoms with Crippen molar-refractivity contribution in [1.82, 2.24) is 0 Å². The Morgan fingerprint density at radius 1 is 1.67 bits per heavy atom. The van der Waals surface area contributed by atoms with E-state index in [1.807, 2.05) is 12.1 Å². The van der Waals surface area contributed by atoms with E-state index >= 15 is 0 Å². The van der Waals surface area contributed by atoms with Crippen molar-refractivity contribution in [2.24, 2.45) is 0 Å². The number of rotatable bonds is 3. The van der Waals surface area contributed by atoms with Crippen molar-refractivity contribution in [3.8, 4) is 0 Å². The Morgan fingerprint density at radius 2 is 2.33 bits per heavy atom. The van der Waals surface area contributed by atoms with Crippen LogP contribution in [0.4, 0.5) is 0 Å². The first-order valence-corrected chi connectivity index (χ1v) is 4.90. The van der Waals surface area contributed by atoms with Crippen molar-refractivity contribution >= 4 is 22.9 Å². The third-order valence-electron chi connectivity index (χ3n) is 1.70. The minimum Gasteiger partial charge on any atom is -0.392 e. The number of halogens is 1. The van der Waals surface area contributed by atoms with Gasteiger partial charge in [0.15, 0.2) is 0 Å². The molecule has 0 radical (unpaired) electrons. The molecule has 1 N–H and O–H groups in total. The first kappa shape index (κ1) is 9.78. The maximum atomic E-state index is 9.37. The van der Waals surface area contributed by atoms with Crippen LogP contribution in [-0.2, 0) is 0 Å². The molecule has 66 valence electrons. The average molecular weight is 203 g/mol. The summed E-state index contributed by atoms with van der Waals surface area (Å²) in [7, 11) is 0. The lowest BCUT2D eigenvalue weighted by Crippen LogP contribution is -2.10. The van der Waals surface area contributed by atoms with Crippen molar-refractivity contribution in [3.63, 3.8) is 0 Å². The highest BCUT2D eigenvalue weighted by Crippen LogP contribution is 2.30. The Hall–Kier alpha value is -0.310. The zero-order valence-corrected chi connectivity index (χ0v) is 8.40. The molecule has 0 aliphatic heterocycles. The number of aliphatic hydroxyl groups excluding tert-OH is 1.